The van der Waals surface area contributed by atoms with E-state index in [4.69, 9.17) is 9.47 Å². The molecule has 0 heterocycles. The van der Waals surface area contributed by atoms with Gasteiger partial charge >= 0.3 is 23.9 Å². The van der Waals surface area contributed by atoms with Gasteiger partial charge in [-0.1, -0.05) is 0 Å². The summed E-state index contributed by atoms with van der Waals surface area (Å²) < 4.78 is 18.7. The van der Waals surface area contributed by atoms with Crippen LogP contribution in [-0.4, -0.2) is 63.9 Å². The number of esters is 4. The molecule has 2 aliphatic carbocycles. The molecule has 4 atom stereocenters. The molecule has 0 aliphatic heterocycles. The number of carbonyl (C=O) groups excluding carboxylic acids is 6. The van der Waals surface area contributed by atoms with E-state index in [0.717, 1.165) is 28.4 Å². The second-order valence-corrected chi connectivity index (χ2v) is 6.61. The standard InChI is InChI=1S/C17H20O10/c1-24-12(20)8-5-16(14(22)26-3)7-17(10(8)18,15(23)27-4)6-9(11(16)19)13(21)25-2/h8-9H,5-7H2,1-4H3/t8-,9+,16-,17+. The molecule has 0 N–H and O–H groups in total. The number of ether oxygens (including phenoxy) is 4. The Hall–Kier alpha value is -2.78. The SMILES string of the molecule is COC(=O)[C@H]1C[C@]2(C(=O)OC)C[C@](C(=O)OC)(C[C@@H](C(=O)OC)C2=O)C1=O. The Kier molecular flexibility index (Phi) is 5.39. The third kappa shape index (κ3) is 2.79. The summed E-state index contributed by atoms with van der Waals surface area (Å²) in [5.41, 5.74) is -4.10. The smallest absolute Gasteiger partial charge is 0.319 e. The third-order valence-electron chi connectivity index (χ3n) is 5.41. The van der Waals surface area contributed by atoms with Crippen LogP contribution in [0.2, 0.25) is 0 Å². The fourth-order valence-electron chi connectivity index (χ4n) is 4.15. The normalized spacial score (nSPS) is 32.3. The molecule has 2 saturated carbocycles. The molecule has 2 rings (SSSR count). The van der Waals surface area contributed by atoms with Crippen LogP contribution in [0.15, 0.2) is 0 Å². The molecule has 2 aliphatic rings. The minimum atomic E-state index is -2.05. The number of methoxy groups -OCH3 is 4. The lowest BCUT2D eigenvalue weighted by atomic mass is 9.48. The summed E-state index contributed by atoms with van der Waals surface area (Å²) in [6, 6.07) is 0. The molecule has 0 saturated heterocycles. The van der Waals surface area contributed by atoms with Crippen LogP contribution in [0.4, 0.5) is 0 Å². The molecule has 148 valence electrons. The fraction of sp³-hybridized carbons (Fsp3) is 0.647. The minimum absolute atomic E-state index is 0.544. The zero-order valence-corrected chi connectivity index (χ0v) is 15.4. The first kappa shape index (κ1) is 20.5. The van der Waals surface area contributed by atoms with Crippen molar-refractivity contribution in [2.75, 3.05) is 28.4 Å². The zero-order chi connectivity index (χ0) is 20.6. The number of rotatable bonds is 4. The van der Waals surface area contributed by atoms with Crippen LogP contribution in [0.3, 0.4) is 0 Å². The lowest BCUT2D eigenvalue weighted by Gasteiger charge is -2.50. The molecule has 0 aromatic carbocycles. The highest BCUT2D eigenvalue weighted by Gasteiger charge is 2.71. The molecule has 2 bridgehead atoms. The van der Waals surface area contributed by atoms with Gasteiger partial charge in [-0.05, 0) is 19.3 Å². The maximum absolute atomic E-state index is 13.1. The van der Waals surface area contributed by atoms with E-state index in [-0.39, 0.29) is 0 Å². The van der Waals surface area contributed by atoms with Crippen molar-refractivity contribution in [1.82, 2.24) is 0 Å². The number of ketones is 2. The molecule has 0 unspecified atom stereocenters. The molecular weight excluding hydrogens is 364 g/mol. The first-order valence-corrected chi connectivity index (χ1v) is 8.06. The van der Waals surface area contributed by atoms with Crippen LogP contribution in [-0.2, 0) is 47.7 Å². The van der Waals surface area contributed by atoms with Crippen LogP contribution in [0.5, 0.6) is 0 Å². The first-order valence-electron chi connectivity index (χ1n) is 8.06. The van der Waals surface area contributed by atoms with Gasteiger partial charge in [0.25, 0.3) is 0 Å². The van der Waals surface area contributed by atoms with Gasteiger partial charge in [-0.15, -0.1) is 0 Å². The second kappa shape index (κ2) is 7.09. The van der Waals surface area contributed by atoms with Crippen LogP contribution in [0.1, 0.15) is 19.3 Å². The van der Waals surface area contributed by atoms with E-state index >= 15 is 0 Å². The van der Waals surface area contributed by atoms with Crippen LogP contribution in [0, 0.1) is 22.7 Å². The third-order valence-corrected chi connectivity index (χ3v) is 5.41. The number of hydrogen-bond donors (Lipinski definition) is 0. The van der Waals surface area contributed by atoms with Gasteiger partial charge in [0.2, 0.25) is 0 Å². The van der Waals surface area contributed by atoms with Crippen molar-refractivity contribution in [3.63, 3.8) is 0 Å². The van der Waals surface area contributed by atoms with Crippen LogP contribution >= 0.6 is 0 Å². The highest BCUT2D eigenvalue weighted by Crippen LogP contribution is 2.57. The van der Waals surface area contributed by atoms with Crippen molar-refractivity contribution < 1.29 is 47.7 Å². The number of carbonyl (C=O) groups is 6. The van der Waals surface area contributed by atoms with E-state index in [1.54, 1.807) is 0 Å². The molecule has 2 fully saturated rings. The molecular formula is C17H20O10. The fourth-order valence-corrected chi connectivity index (χ4v) is 4.15. The van der Waals surface area contributed by atoms with Crippen molar-refractivity contribution in [3.8, 4) is 0 Å². The molecule has 0 amide bonds. The van der Waals surface area contributed by atoms with Gasteiger partial charge in [0.15, 0.2) is 11.6 Å². The minimum Gasteiger partial charge on any atom is -0.468 e. The number of Topliss-reactive ketones (excluding diaryl/α,β-unsaturated/α-hetero) is 2. The van der Waals surface area contributed by atoms with Gasteiger partial charge in [-0.25, -0.2) is 0 Å². The number of fused-ring (bicyclic) bond motifs is 2. The maximum Gasteiger partial charge on any atom is 0.319 e. The summed E-state index contributed by atoms with van der Waals surface area (Å²) >= 11 is 0. The Balaban J connectivity index is 2.75. The van der Waals surface area contributed by atoms with E-state index < -0.39 is 77.4 Å². The average Bonchev–Trinajstić information content (AvgIpc) is 2.69. The monoisotopic (exact) mass is 384 g/mol. The van der Waals surface area contributed by atoms with Gasteiger partial charge in [0, 0.05) is 0 Å². The van der Waals surface area contributed by atoms with Crippen molar-refractivity contribution in [2.45, 2.75) is 19.3 Å². The van der Waals surface area contributed by atoms with Crippen molar-refractivity contribution in [2.24, 2.45) is 22.7 Å². The van der Waals surface area contributed by atoms with E-state index in [0.29, 0.717) is 0 Å². The maximum atomic E-state index is 13.1. The predicted molar refractivity (Wildman–Crippen MR) is 83.8 cm³/mol. The highest BCUT2D eigenvalue weighted by atomic mass is 16.5. The summed E-state index contributed by atoms with van der Waals surface area (Å²) in [6.07, 6.45) is -1.66. The Labute approximate surface area is 154 Å². The molecule has 10 heteroatoms. The Bertz CT molecular complexity index is 665. The molecule has 0 radical (unpaired) electrons. The van der Waals surface area contributed by atoms with Crippen molar-refractivity contribution in [3.05, 3.63) is 0 Å². The van der Waals surface area contributed by atoms with Crippen LogP contribution < -0.4 is 0 Å². The Morgan fingerprint density at radius 2 is 1.04 bits per heavy atom. The van der Waals surface area contributed by atoms with Crippen molar-refractivity contribution in [1.29, 1.82) is 0 Å². The summed E-state index contributed by atoms with van der Waals surface area (Å²) in [6.45, 7) is 0. The molecule has 0 aromatic rings. The van der Waals surface area contributed by atoms with E-state index in [9.17, 15) is 28.8 Å². The lowest BCUT2D eigenvalue weighted by molar-refractivity contribution is -0.188. The highest BCUT2D eigenvalue weighted by molar-refractivity contribution is 6.21. The number of hydrogen-bond acceptors (Lipinski definition) is 10. The summed E-state index contributed by atoms with van der Waals surface area (Å²) in [7, 11) is 4.12. The first-order chi connectivity index (χ1) is 12.6. The summed E-state index contributed by atoms with van der Waals surface area (Å²) in [5, 5.41) is 0. The largest absolute Gasteiger partial charge is 0.468 e. The van der Waals surface area contributed by atoms with E-state index in [1.807, 2.05) is 0 Å². The van der Waals surface area contributed by atoms with E-state index in [2.05, 4.69) is 9.47 Å². The van der Waals surface area contributed by atoms with Gasteiger partial charge in [0.05, 0.1) is 28.4 Å². The lowest BCUT2D eigenvalue weighted by Crippen LogP contribution is -2.65. The van der Waals surface area contributed by atoms with E-state index in [1.165, 1.54) is 0 Å². The van der Waals surface area contributed by atoms with Crippen molar-refractivity contribution >= 4 is 35.4 Å². The predicted octanol–water partition coefficient (Wildman–Crippen LogP) is -0.781. The van der Waals surface area contributed by atoms with Gasteiger partial charge in [0.1, 0.15) is 22.7 Å². The average molecular weight is 384 g/mol. The summed E-state index contributed by atoms with van der Waals surface area (Å²) in [5.74, 6) is -8.90. The topological polar surface area (TPSA) is 139 Å². The van der Waals surface area contributed by atoms with Gasteiger partial charge < -0.3 is 18.9 Å². The molecule has 0 aromatic heterocycles. The second-order valence-electron chi connectivity index (χ2n) is 6.61. The zero-order valence-electron chi connectivity index (χ0n) is 15.4. The molecule has 27 heavy (non-hydrogen) atoms. The molecule has 10 nitrogen and oxygen atoms in total. The van der Waals surface area contributed by atoms with Crippen LogP contribution in [0.25, 0.3) is 0 Å². The Morgan fingerprint density at radius 3 is 1.30 bits per heavy atom. The summed E-state index contributed by atoms with van der Waals surface area (Å²) in [4.78, 5) is 75.5. The Morgan fingerprint density at radius 1 is 0.704 bits per heavy atom. The van der Waals surface area contributed by atoms with Gasteiger partial charge in [-0.2, -0.15) is 0 Å². The quantitative estimate of drug-likeness (QED) is 0.344. The van der Waals surface area contributed by atoms with Gasteiger partial charge in [-0.3, -0.25) is 28.8 Å². The molecule has 0 spiro atoms.